The lowest BCUT2D eigenvalue weighted by Gasteiger charge is -2.08. The number of amides is 2. The summed E-state index contributed by atoms with van der Waals surface area (Å²) >= 11 is 0. The number of hydrogen-bond acceptors (Lipinski definition) is 4. The Hall–Kier alpha value is -2.64. The number of anilines is 1. The van der Waals surface area contributed by atoms with Crippen LogP contribution in [0.1, 0.15) is 17.1 Å². The second kappa shape index (κ2) is 6.42. The van der Waals surface area contributed by atoms with E-state index in [1.807, 2.05) is 19.9 Å². The molecule has 0 spiro atoms. The molecule has 0 atom stereocenters. The van der Waals surface area contributed by atoms with Crippen LogP contribution in [-0.4, -0.2) is 37.9 Å². The molecule has 2 N–H and O–H groups in total. The van der Waals surface area contributed by atoms with Crippen molar-refractivity contribution in [2.75, 3.05) is 11.9 Å². The fraction of sp³-hybridized carbons (Fsp3) is 0.429. The topological polar surface area (TPSA) is 93.8 Å². The molecule has 0 aliphatic heterocycles. The molecule has 2 heterocycles. The van der Waals surface area contributed by atoms with Gasteiger partial charge in [0.2, 0.25) is 0 Å². The van der Waals surface area contributed by atoms with Gasteiger partial charge in [0, 0.05) is 25.5 Å². The van der Waals surface area contributed by atoms with Gasteiger partial charge in [-0.1, -0.05) is 0 Å². The maximum Gasteiger partial charge on any atom is 0.313 e. The summed E-state index contributed by atoms with van der Waals surface area (Å²) in [6.07, 6.45) is 1.69. The largest absolute Gasteiger partial charge is 0.346 e. The van der Waals surface area contributed by atoms with E-state index in [0.29, 0.717) is 24.5 Å². The number of hydrogen-bond donors (Lipinski definition) is 2. The van der Waals surface area contributed by atoms with Crippen molar-refractivity contribution in [2.45, 2.75) is 27.3 Å². The molecule has 2 aromatic heterocycles. The predicted molar refractivity (Wildman–Crippen MR) is 81.3 cm³/mol. The second-order valence-electron chi connectivity index (χ2n) is 5.08. The molecule has 2 amide bonds. The summed E-state index contributed by atoms with van der Waals surface area (Å²) < 4.78 is 3.41. The Morgan fingerprint density at radius 3 is 2.50 bits per heavy atom. The molecule has 0 aromatic carbocycles. The molecule has 0 fully saturated rings. The Balaban J connectivity index is 1.87. The first kappa shape index (κ1) is 15.7. The molecule has 2 aromatic rings. The van der Waals surface area contributed by atoms with Gasteiger partial charge in [0.15, 0.2) is 0 Å². The SMILES string of the molecule is Cc1nn(C)c(C)c1NC(=O)C(=O)NCCn1nccc1C. The average Bonchev–Trinajstić information content (AvgIpc) is 2.97. The van der Waals surface area contributed by atoms with Crippen molar-refractivity contribution in [3.8, 4) is 0 Å². The highest BCUT2D eigenvalue weighted by Gasteiger charge is 2.17. The molecule has 2 rings (SSSR count). The second-order valence-corrected chi connectivity index (χ2v) is 5.08. The van der Waals surface area contributed by atoms with E-state index < -0.39 is 11.8 Å². The van der Waals surface area contributed by atoms with E-state index in [4.69, 9.17) is 0 Å². The third-order valence-corrected chi connectivity index (χ3v) is 3.49. The van der Waals surface area contributed by atoms with Gasteiger partial charge in [-0.2, -0.15) is 10.2 Å². The Labute approximate surface area is 128 Å². The van der Waals surface area contributed by atoms with Crippen LogP contribution >= 0.6 is 0 Å². The van der Waals surface area contributed by atoms with Crippen LogP contribution in [-0.2, 0) is 23.2 Å². The monoisotopic (exact) mass is 304 g/mol. The molecule has 0 aliphatic carbocycles. The highest BCUT2D eigenvalue weighted by molar-refractivity contribution is 6.39. The zero-order chi connectivity index (χ0) is 16.3. The molecule has 118 valence electrons. The summed E-state index contributed by atoms with van der Waals surface area (Å²) in [5.74, 6) is -1.37. The van der Waals surface area contributed by atoms with Crippen LogP contribution in [0, 0.1) is 20.8 Å². The van der Waals surface area contributed by atoms with E-state index in [9.17, 15) is 9.59 Å². The van der Waals surface area contributed by atoms with E-state index in [-0.39, 0.29) is 0 Å². The fourth-order valence-electron chi connectivity index (χ4n) is 2.11. The van der Waals surface area contributed by atoms with E-state index in [0.717, 1.165) is 11.4 Å². The van der Waals surface area contributed by atoms with Gasteiger partial charge in [0.1, 0.15) is 0 Å². The number of nitrogens with one attached hydrogen (secondary N) is 2. The lowest BCUT2D eigenvalue weighted by Crippen LogP contribution is -2.37. The van der Waals surface area contributed by atoms with Gasteiger partial charge in [0.25, 0.3) is 0 Å². The average molecular weight is 304 g/mol. The molecular weight excluding hydrogens is 284 g/mol. The van der Waals surface area contributed by atoms with Crippen molar-refractivity contribution in [1.29, 1.82) is 0 Å². The van der Waals surface area contributed by atoms with Crippen LogP contribution in [0.2, 0.25) is 0 Å². The van der Waals surface area contributed by atoms with E-state index >= 15 is 0 Å². The first-order valence-electron chi connectivity index (χ1n) is 6.98. The minimum atomic E-state index is -0.698. The molecule has 0 aliphatic rings. The van der Waals surface area contributed by atoms with Gasteiger partial charge >= 0.3 is 11.8 Å². The van der Waals surface area contributed by atoms with E-state index in [1.165, 1.54) is 0 Å². The van der Waals surface area contributed by atoms with Crippen molar-refractivity contribution in [3.05, 3.63) is 29.3 Å². The van der Waals surface area contributed by atoms with Crippen molar-refractivity contribution in [1.82, 2.24) is 24.9 Å². The number of carbonyl (C=O) groups is 2. The third-order valence-electron chi connectivity index (χ3n) is 3.49. The number of nitrogens with zero attached hydrogens (tertiary/aromatic N) is 4. The Morgan fingerprint density at radius 2 is 1.95 bits per heavy atom. The summed E-state index contributed by atoms with van der Waals surface area (Å²) in [7, 11) is 1.78. The predicted octanol–water partition coefficient (Wildman–Crippen LogP) is 0.297. The maximum atomic E-state index is 11.9. The van der Waals surface area contributed by atoms with Gasteiger partial charge in [-0.05, 0) is 26.8 Å². The minimum absolute atomic E-state index is 0.333. The van der Waals surface area contributed by atoms with Crippen LogP contribution in [0.4, 0.5) is 5.69 Å². The molecular formula is C14H20N6O2. The maximum absolute atomic E-state index is 11.9. The van der Waals surface area contributed by atoms with Crippen molar-refractivity contribution in [3.63, 3.8) is 0 Å². The smallest absolute Gasteiger partial charge is 0.313 e. The summed E-state index contributed by atoms with van der Waals surface area (Å²) in [5.41, 5.74) is 3.05. The molecule has 22 heavy (non-hydrogen) atoms. The van der Waals surface area contributed by atoms with Gasteiger partial charge in [-0.25, -0.2) is 0 Å². The molecule has 8 heteroatoms. The molecule has 0 saturated carbocycles. The van der Waals surface area contributed by atoms with E-state index in [2.05, 4.69) is 20.8 Å². The molecule has 0 bridgehead atoms. The van der Waals surface area contributed by atoms with Gasteiger partial charge in [-0.15, -0.1) is 0 Å². The van der Waals surface area contributed by atoms with Gasteiger partial charge in [-0.3, -0.25) is 19.0 Å². The normalized spacial score (nSPS) is 10.5. The van der Waals surface area contributed by atoms with Crippen LogP contribution in [0.25, 0.3) is 0 Å². The van der Waals surface area contributed by atoms with Crippen LogP contribution in [0.3, 0.4) is 0 Å². The Kier molecular flexibility index (Phi) is 4.59. The van der Waals surface area contributed by atoms with Crippen molar-refractivity contribution >= 4 is 17.5 Å². The fourth-order valence-corrected chi connectivity index (χ4v) is 2.11. The zero-order valence-electron chi connectivity index (χ0n) is 13.2. The summed E-state index contributed by atoms with van der Waals surface area (Å²) in [5, 5.41) is 13.5. The first-order valence-corrected chi connectivity index (χ1v) is 6.98. The number of rotatable bonds is 4. The Bertz CT molecular complexity index is 700. The van der Waals surface area contributed by atoms with Crippen LogP contribution in [0.15, 0.2) is 12.3 Å². The standard InChI is InChI=1S/C14H20N6O2/c1-9-5-6-16-20(9)8-7-15-13(21)14(22)17-12-10(2)18-19(4)11(12)3/h5-6H,7-8H2,1-4H3,(H,15,21)(H,17,22). The molecule has 0 radical (unpaired) electrons. The number of carbonyl (C=O) groups excluding carboxylic acids is 2. The van der Waals surface area contributed by atoms with E-state index in [1.54, 1.807) is 29.5 Å². The zero-order valence-corrected chi connectivity index (χ0v) is 13.2. The number of aromatic nitrogens is 4. The highest BCUT2D eigenvalue weighted by atomic mass is 16.2. The van der Waals surface area contributed by atoms with Crippen LogP contribution < -0.4 is 10.6 Å². The van der Waals surface area contributed by atoms with Crippen LogP contribution in [0.5, 0.6) is 0 Å². The quantitative estimate of drug-likeness (QED) is 0.794. The van der Waals surface area contributed by atoms with Crippen molar-refractivity contribution < 1.29 is 9.59 Å². The molecule has 8 nitrogen and oxygen atoms in total. The molecule has 0 saturated heterocycles. The lowest BCUT2D eigenvalue weighted by atomic mass is 10.3. The molecule has 0 unspecified atom stereocenters. The highest BCUT2D eigenvalue weighted by Crippen LogP contribution is 2.17. The van der Waals surface area contributed by atoms with Gasteiger partial charge < -0.3 is 10.6 Å². The third kappa shape index (κ3) is 3.33. The van der Waals surface area contributed by atoms with Crippen molar-refractivity contribution in [2.24, 2.45) is 7.05 Å². The Morgan fingerprint density at radius 1 is 1.23 bits per heavy atom. The first-order chi connectivity index (χ1) is 10.4. The number of aryl methyl sites for hydroxylation is 3. The summed E-state index contributed by atoms with van der Waals surface area (Å²) in [4.78, 5) is 23.7. The van der Waals surface area contributed by atoms with Gasteiger partial charge in [0.05, 0.1) is 23.6 Å². The summed E-state index contributed by atoms with van der Waals surface area (Å²) in [6, 6.07) is 1.88. The minimum Gasteiger partial charge on any atom is -0.346 e. The lowest BCUT2D eigenvalue weighted by molar-refractivity contribution is -0.136. The summed E-state index contributed by atoms with van der Waals surface area (Å²) in [6.45, 7) is 6.38.